The monoisotopic (exact) mass is 280 g/mol. The molecule has 2 saturated heterocycles. The maximum absolute atomic E-state index is 12.0. The Morgan fingerprint density at radius 2 is 1.75 bits per heavy atom. The van der Waals surface area contributed by atoms with Gasteiger partial charge in [0.05, 0.1) is 0 Å². The Kier molecular flexibility index (Phi) is 4.81. The van der Waals surface area contributed by atoms with E-state index in [-0.39, 0.29) is 11.9 Å². The Labute approximate surface area is 120 Å². The van der Waals surface area contributed by atoms with Crippen LogP contribution in [0.25, 0.3) is 0 Å². The molecule has 1 amide bonds. The molecule has 1 unspecified atom stereocenters. The zero-order chi connectivity index (χ0) is 14.7. The summed E-state index contributed by atoms with van der Waals surface area (Å²) >= 11 is 0. The highest BCUT2D eigenvalue weighted by Crippen LogP contribution is 2.26. The first kappa shape index (κ1) is 15.0. The van der Waals surface area contributed by atoms with Crippen LogP contribution in [0.4, 0.5) is 0 Å². The van der Waals surface area contributed by atoms with Gasteiger partial charge in [0.25, 0.3) is 0 Å². The van der Waals surface area contributed by atoms with Crippen molar-refractivity contribution in [3.63, 3.8) is 0 Å². The quantitative estimate of drug-likeness (QED) is 0.796. The van der Waals surface area contributed by atoms with Crippen molar-refractivity contribution in [2.45, 2.75) is 51.6 Å². The van der Waals surface area contributed by atoms with Crippen LogP contribution >= 0.6 is 0 Å². The molecule has 2 heterocycles. The van der Waals surface area contributed by atoms with E-state index in [0.29, 0.717) is 6.04 Å². The van der Waals surface area contributed by atoms with Crippen LogP contribution in [0, 0.1) is 0 Å². The minimum atomic E-state index is -0.703. The highest BCUT2D eigenvalue weighted by molar-refractivity contribution is 5.88. The third-order valence-corrected chi connectivity index (χ3v) is 4.24. The van der Waals surface area contributed by atoms with Crippen molar-refractivity contribution in [1.82, 2.24) is 9.80 Å². The van der Waals surface area contributed by atoms with Gasteiger partial charge in [-0.2, -0.15) is 0 Å². The number of piperidine rings is 1. The minimum Gasteiger partial charge on any atom is -0.480 e. The summed E-state index contributed by atoms with van der Waals surface area (Å²) in [6, 6.07) is -0.00520. The predicted octanol–water partition coefficient (Wildman–Crippen LogP) is 1.49. The van der Waals surface area contributed by atoms with Crippen LogP contribution in [0.2, 0.25) is 0 Å². The third-order valence-electron chi connectivity index (χ3n) is 4.24. The summed E-state index contributed by atoms with van der Waals surface area (Å²) in [6.45, 7) is 6.19. The number of nitrogens with zero attached hydrogens (tertiary/aromatic N) is 2. The number of carbonyl (C=O) groups excluding carboxylic acids is 1. The lowest BCUT2D eigenvalue weighted by molar-refractivity contribution is -0.143. The standard InChI is InChI=1S/C15H24N2O3/c1-11(2)10-14(18)16-8-5-12(6-9-16)17-7-3-4-13(17)15(19)20/h10,12-13H,3-9H2,1-2H3,(H,19,20). The molecular formula is C15H24N2O3. The summed E-state index contributed by atoms with van der Waals surface area (Å²) in [4.78, 5) is 27.2. The second-order valence-electron chi connectivity index (χ2n) is 6.01. The summed E-state index contributed by atoms with van der Waals surface area (Å²) < 4.78 is 0. The van der Waals surface area contributed by atoms with E-state index in [1.807, 2.05) is 18.7 Å². The smallest absolute Gasteiger partial charge is 0.320 e. The molecule has 1 N–H and O–H groups in total. The van der Waals surface area contributed by atoms with E-state index in [2.05, 4.69) is 4.90 Å². The molecule has 0 radical (unpaired) electrons. The first-order valence-electron chi connectivity index (χ1n) is 7.41. The molecule has 0 aromatic rings. The maximum atomic E-state index is 12.0. The van der Waals surface area contributed by atoms with Crippen LogP contribution in [0.15, 0.2) is 11.6 Å². The molecule has 1 atom stereocenters. The summed E-state index contributed by atoms with van der Waals surface area (Å²) in [7, 11) is 0. The van der Waals surface area contributed by atoms with Gasteiger partial charge >= 0.3 is 5.97 Å². The summed E-state index contributed by atoms with van der Waals surface area (Å²) in [5, 5.41) is 9.24. The number of likely N-dealkylation sites (tertiary alicyclic amines) is 2. The van der Waals surface area contributed by atoms with Crippen molar-refractivity contribution >= 4 is 11.9 Å². The van der Waals surface area contributed by atoms with Crippen LogP contribution in [-0.2, 0) is 9.59 Å². The Morgan fingerprint density at radius 1 is 1.10 bits per heavy atom. The second kappa shape index (κ2) is 6.39. The second-order valence-corrected chi connectivity index (χ2v) is 6.01. The average Bonchev–Trinajstić information content (AvgIpc) is 2.87. The summed E-state index contributed by atoms with van der Waals surface area (Å²) in [5.41, 5.74) is 1.02. The van der Waals surface area contributed by atoms with E-state index in [1.165, 1.54) is 0 Å². The zero-order valence-electron chi connectivity index (χ0n) is 12.3. The van der Waals surface area contributed by atoms with Gasteiger partial charge in [0.15, 0.2) is 0 Å². The number of rotatable bonds is 3. The summed E-state index contributed by atoms with van der Waals surface area (Å²) in [6.07, 6.45) is 5.16. The van der Waals surface area contributed by atoms with Crippen molar-refractivity contribution in [2.24, 2.45) is 0 Å². The van der Waals surface area contributed by atoms with Crippen molar-refractivity contribution in [2.75, 3.05) is 19.6 Å². The minimum absolute atomic E-state index is 0.0830. The van der Waals surface area contributed by atoms with Gasteiger partial charge in [0, 0.05) is 25.2 Å². The van der Waals surface area contributed by atoms with Crippen molar-refractivity contribution < 1.29 is 14.7 Å². The van der Waals surface area contributed by atoms with Gasteiger partial charge in [-0.25, -0.2) is 0 Å². The van der Waals surface area contributed by atoms with Gasteiger partial charge in [-0.3, -0.25) is 14.5 Å². The maximum Gasteiger partial charge on any atom is 0.320 e. The number of carboxylic acid groups (broad SMARTS) is 1. The summed E-state index contributed by atoms with van der Waals surface area (Å²) in [5.74, 6) is -0.620. The molecule has 2 aliphatic heterocycles. The van der Waals surface area contributed by atoms with Crippen LogP contribution in [-0.4, -0.2) is 58.5 Å². The molecule has 5 nitrogen and oxygen atoms in total. The lowest BCUT2D eigenvalue weighted by atomic mass is 10.0. The number of carboxylic acids is 1. The molecule has 0 bridgehead atoms. The number of aliphatic carboxylic acids is 1. The van der Waals surface area contributed by atoms with E-state index in [4.69, 9.17) is 0 Å². The topological polar surface area (TPSA) is 60.9 Å². The van der Waals surface area contributed by atoms with Crippen LogP contribution in [0.5, 0.6) is 0 Å². The molecule has 0 aromatic carbocycles. The fourth-order valence-electron chi connectivity index (χ4n) is 3.25. The molecule has 0 aliphatic carbocycles. The Bertz CT molecular complexity index is 407. The predicted molar refractivity (Wildman–Crippen MR) is 76.4 cm³/mol. The lowest BCUT2D eigenvalue weighted by Crippen LogP contribution is -2.49. The third kappa shape index (κ3) is 3.39. The van der Waals surface area contributed by atoms with Gasteiger partial charge in [-0.05, 0) is 46.1 Å². The average molecular weight is 280 g/mol. The molecule has 2 fully saturated rings. The molecule has 5 heteroatoms. The van der Waals surface area contributed by atoms with E-state index >= 15 is 0 Å². The number of allylic oxidation sites excluding steroid dienone is 1. The van der Waals surface area contributed by atoms with Crippen molar-refractivity contribution in [3.8, 4) is 0 Å². The van der Waals surface area contributed by atoms with E-state index < -0.39 is 5.97 Å². The number of amides is 1. The highest BCUT2D eigenvalue weighted by atomic mass is 16.4. The van der Waals surface area contributed by atoms with Crippen LogP contribution in [0.3, 0.4) is 0 Å². The Hall–Kier alpha value is -1.36. The molecular weight excluding hydrogens is 256 g/mol. The SMILES string of the molecule is CC(C)=CC(=O)N1CCC(N2CCCC2C(=O)O)CC1. The number of hydrogen-bond donors (Lipinski definition) is 1. The molecule has 112 valence electrons. The van der Waals surface area contributed by atoms with E-state index in [9.17, 15) is 14.7 Å². The fraction of sp³-hybridized carbons (Fsp3) is 0.733. The van der Waals surface area contributed by atoms with E-state index in [1.54, 1.807) is 6.08 Å². The molecule has 0 saturated carbocycles. The first-order valence-corrected chi connectivity index (χ1v) is 7.41. The molecule has 2 aliphatic rings. The first-order chi connectivity index (χ1) is 9.49. The molecule has 20 heavy (non-hydrogen) atoms. The molecule has 0 spiro atoms. The van der Waals surface area contributed by atoms with Crippen molar-refractivity contribution in [3.05, 3.63) is 11.6 Å². The van der Waals surface area contributed by atoms with Gasteiger partial charge in [0.1, 0.15) is 6.04 Å². The van der Waals surface area contributed by atoms with E-state index in [0.717, 1.165) is 50.9 Å². The Morgan fingerprint density at radius 3 is 2.30 bits per heavy atom. The Balaban J connectivity index is 1.90. The normalized spacial score (nSPS) is 24.7. The zero-order valence-corrected chi connectivity index (χ0v) is 12.3. The fourth-order valence-corrected chi connectivity index (χ4v) is 3.25. The number of carbonyl (C=O) groups is 2. The highest BCUT2D eigenvalue weighted by Gasteiger charge is 2.36. The van der Waals surface area contributed by atoms with Gasteiger partial charge in [-0.15, -0.1) is 0 Å². The van der Waals surface area contributed by atoms with Gasteiger partial charge in [-0.1, -0.05) is 5.57 Å². The van der Waals surface area contributed by atoms with Gasteiger partial charge < -0.3 is 10.0 Å². The molecule has 2 rings (SSSR count). The van der Waals surface area contributed by atoms with Crippen molar-refractivity contribution in [1.29, 1.82) is 0 Å². The van der Waals surface area contributed by atoms with Crippen LogP contribution in [0.1, 0.15) is 39.5 Å². The largest absolute Gasteiger partial charge is 0.480 e. The van der Waals surface area contributed by atoms with Gasteiger partial charge in [0.2, 0.25) is 5.91 Å². The lowest BCUT2D eigenvalue weighted by Gasteiger charge is -2.38. The molecule has 0 aromatic heterocycles. The van der Waals surface area contributed by atoms with Crippen LogP contribution < -0.4 is 0 Å². The number of hydrogen-bond acceptors (Lipinski definition) is 3.